The van der Waals surface area contributed by atoms with Gasteiger partial charge < -0.3 is 0 Å². The topological polar surface area (TPSA) is 60.2 Å². The number of para-hydroxylation sites is 1. The molecule has 2 aromatic carbocycles. The Morgan fingerprint density at radius 1 is 1.16 bits per heavy atom. The van der Waals surface area contributed by atoms with E-state index in [1.165, 1.54) is 17.8 Å². The molecule has 0 unspecified atom stereocenters. The first-order valence-electron chi connectivity index (χ1n) is 5.28. The van der Waals surface area contributed by atoms with E-state index in [-0.39, 0.29) is 5.69 Å². The summed E-state index contributed by atoms with van der Waals surface area (Å²) in [5, 5.41) is 10.9. The number of nitrogens with zero attached hydrogens (tertiary/aromatic N) is 1. The number of halogens is 1. The first kappa shape index (κ1) is 13.8. The third kappa shape index (κ3) is 3.21. The van der Waals surface area contributed by atoms with E-state index in [0.717, 1.165) is 10.8 Å². The lowest BCUT2D eigenvalue weighted by atomic mass is 10.2. The largest absolute Gasteiger partial charge is 0.298 e. The van der Waals surface area contributed by atoms with Crippen molar-refractivity contribution in [1.82, 2.24) is 0 Å². The van der Waals surface area contributed by atoms with Crippen LogP contribution in [-0.4, -0.2) is 11.2 Å². The molecule has 96 valence electrons. The van der Waals surface area contributed by atoms with E-state index in [2.05, 4.69) is 15.9 Å². The maximum atomic E-state index is 11.0. The fraction of sp³-hybridized carbons (Fsp3) is 0. The number of nitro groups is 1. The number of nitro benzene ring substituents is 1. The minimum absolute atomic E-state index is 0.0318. The van der Waals surface area contributed by atoms with Gasteiger partial charge in [0.05, 0.1) is 9.82 Å². The van der Waals surface area contributed by atoms with Crippen molar-refractivity contribution in [2.75, 3.05) is 0 Å². The number of hydrogen-bond acceptors (Lipinski definition) is 4. The Bertz CT molecular complexity index is 646. The van der Waals surface area contributed by atoms with Gasteiger partial charge in [0.15, 0.2) is 6.29 Å². The van der Waals surface area contributed by atoms with Gasteiger partial charge in [-0.1, -0.05) is 39.8 Å². The quantitative estimate of drug-likeness (QED) is 0.473. The Morgan fingerprint density at radius 2 is 1.89 bits per heavy atom. The number of hydrogen-bond donors (Lipinski definition) is 0. The standard InChI is InChI=1S/C13H8BrNO3S/c14-10-6-5-9(8-16)13(7-10)19-12-4-2-1-3-11(12)15(17)18/h1-8H. The van der Waals surface area contributed by atoms with Gasteiger partial charge in [0.2, 0.25) is 0 Å². The lowest BCUT2D eigenvalue weighted by molar-refractivity contribution is -0.387. The molecule has 2 rings (SSSR count). The molecule has 0 bridgehead atoms. The van der Waals surface area contributed by atoms with E-state index >= 15 is 0 Å². The van der Waals surface area contributed by atoms with Crippen molar-refractivity contribution in [2.24, 2.45) is 0 Å². The van der Waals surface area contributed by atoms with Crippen LogP contribution >= 0.6 is 27.7 Å². The Morgan fingerprint density at radius 3 is 2.58 bits per heavy atom. The summed E-state index contributed by atoms with van der Waals surface area (Å²) in [5.74, 6) is 0. The lowest BCUT2D eigenvalue weighted by Gasteiger charge is -2.05. The molecule has 0 fully saturated rings. The summed E-state index contributed by atoms with van der Waals surface area (Å²) in [4.78, 5) is 22.7. The fourth-order valence-electron chi connectivity index (χ4n) is 1.51. The average Bonchev–Trinajstić information content (AvgIpc) is 2.39. The van der Waals surface area contributed by atoms with Crippen LogP contribution in [-0.2, 0) is 0 Å². The van der Waals surface area contributed by atoms with Gasteiger partial charge in [0, 0.05) is 21.0 Å². The molecule has 0 aliphatic carbocycles. The second-order valence-corrected chi connectivity index (χ2v) is 5.63. The maximum Gasteiger partial charge on any atom is 0.283 e. The average molecular weight is 338 g/mol. The molecule has 0 atom stereocenters. The Balaban J connectivity index is 2.44. The van der Waals surface area contributed by atoms with Crippen molar-refractivity contribution >= 4 is 39.7 Å². The summed E-state index contributed by atoms with van der Waals surface area (Å²) >= 11 is 4.53. The number of benzene rings is 2. The smallest absolute Gasteiger partial charge is 0.283 e. The summed E-state index contributed by atoms with van der Waals surface area (Å²) in [7, 11) is 0. The van der Waals surface area contributed by atoms with Gasteiger partial charge in [0.1, 0.15) is 0 Å². The summed E-state index contributed by atoms with van der Waals surface area (Å²) in [6, 6.07) is 11.7. The van der Waals surface area contributed by atoms with Crippen LogP contribution in [0.4, 0.5) is 5.69 Å². The van der Waals surface area contributed by atoms with Crippen molar-refractivity contribution in [3.8, 4) is 0 Å². The highest BCUT2D eigenvalue weighted by atomic mass is 79.9. The molecule has 6 heteroatoms. The normalized spacial score (nSPS) is 10.2. The third-order valence-corrected chi connectivity index (χ3v) is 4.02. The van der Waals surface area contributed by atoms with Gasteiger partial charge in [-0.2, -0.15) is 0 Å². The Kier molecular flexibility index (Phi) is 4.34. The maximum absolute atomic E-state index is 11.0. The third-order valence-electron chi connectivity index (χ3n) is 2.38. The molecule has 0 spiro atoms. The number of rotatable bonds is 4. The van der Waals surface area contributed by atoms with Crippen LogP contribution in [0.1, 0.15) is 10.4 Å². The molecule has 0 amide bonds. The highest BCUT2D eigenvalue weighted by Crippen LogP contribution is 2.36. The Hall–Kier alpha value is -1.66. The minimum Gasteiger partial charge on any atom is -0.298 e. The molecule has 0 N–H and O–H groups in total. The predicted octanol–water partition coefficient (Wildman–Crippen LogP) is 4.32. The van der Waals surface area contributed by atoms with Crippen molar-refractivity contribution < 1.29 is 9.72 Å². The molecule has 0 aromatic heterocycles. The van der Waals surface area contributed by atoms with Crippen LogP contribution < -0.4 is 0 Å². The van der Waals surface area contributed by atoms with Crippen LogP contribution in [0.5, 0.6) is 0 Å². The van der Waals surface area contributed by atoms with Crippen LogP contribution in [0.25, 0.3) is 0 Å². The fourth-order valence-corrected chi connectivity index (χ4v) is 3.07. The highest BCUT2D eigenvalue weighted by molar-refractivity contribution is 9.10. The van der Waals surface area contributed by atoms with Gasteiger partial charge in [-0.15, -0.1) is 0 Å². The van der Waals surface area contributed by atoms with E-state index in [1.807, 2.05) is 0 Å². The molecule has 4 nitrogen and oxygen atoms in total. The lowest BCUT2D eigenvalue weighted by Crippen LogP contribution is -1.91. The summed E-state index contributed by atoms with van der Waals surface area (Å²) in [6.07, 6.45) is 0.740. The highest BCUT2D eigenvalue weighted by Gasteiger charge is 2.15. The molecule has 0 aliphatic rings. The van der Waals surface area contributed by atoms with Crippen LogP contribution in [0.2, 0.25) is 0 Å². The zero-order chi connectivity index (χ0) is 13.8. The second-order valence-electron chi connectivity index (χ2n) is 3.63. The minimum atomic E-state index is -0.430. The molecular formula is C13H8BrNO3S. The molecule has 0 aliphatic heterocycles. The van der Waals surface area contributed by atoms with Gasteiger partial charge >= 0.3 is 0 Å². The van der Waals surface area contributed by atoms with Gasteiger partial charge in [-0.05, 0) is 24.3 Å². The monoisotopic (exact) mass is 337 g/mol. The summed E-state index contributed by atoms with van der Waals surface area (Å²) < 4.78 is 0.819. The molecule has 0 heterocycles. The molecule has 19 heavy (non-hydrogen) atoms. The first-order valence-corrected chi connectivity index (χ1v) is 6.89. The molecular weight excluding hydrogens is 330 g/mol. The molecule has 0 saturated heterocycles. The van der Waals surface area contributed by atoms with E-state index < -0.39 is 4.92 Å². The first-order chi connectivity index (χ1) is 9.11. The Labute approximate surface area is 122 Å². The zero-order valence-electron chi connectivity index (χ0n) is 9.58. The van der Waals surface area contributed by atoms with Crippen LogP contribution in [0, 0.1) is 10.1 Å². The van der Waals surface area contributed by atoms with Gasteiger partial charge in [0.25, 0.3) is 5.69 Å². The molecule has 2 aromatic rings. The SMILES string of the molecule is O=Cc1ccc(Br)cc1Sc1ccccc1[N+](=O)[O-]. The van der Waals surface area contributed by atoms with Crippen molar-refractivity contribution in [3.05, 3.63) is 62.6 Å². The van der Waals surface area contributed by atoms with E-state index in [9.17, 15) is 14.9 Å². The van der Waals surface area contributed by atoms with Crippen LogP contribution in [0.15, 0.2) is 56.7 Å². The number of carbonyl (C=O) groups excluding carboxylic acids is 1. The van der Waals surface area contributed by atoms with Crippen molar-refractivity contribution in [3.63, 3.8) is 0 Å². The van der Waals surface area contributed by atoms with E-state index in [4.69, 9.17) is 0 Å². The van der Waals surface area contributed by atoms with Gasteiger partial charge in [-0.3, -0.25) is 14.9 Å². The van der Waals surface area contributed by atoms with E-state index in [0.29, 0.717) is 15.4 Å². The summed E-state index contributed by atoms with van der Waals surface area (Å²) in [6.45, 7) is 0. The molecule has 0 radical (unpaired) electrons. The van der Waals surface area contributed by atoms with Crippen LogP contribution in [0.3, 0.4) is 0 Å². The van der Waals surface area contributed by atoms with Crippen molar-refractivity contribution in [1.29, 1.82) is 0 Å². The summed E-state index contributed by atoms with van der Waals surface area (Å²) in [5.41, 5.74) is 0.538. The van der Waals surface area contributed by atoms with Crippen molar-refractivity contribution in [2.45, 2.75) is 9.79 Å². The number of aldehydes is 1. The molecule has 0 saturated carbocycles. The van der Waals surface area contributed by atoms with Gasteiger partial charge in [-0.25, -0.2) is 0 Å². The van der Waals surface area contributed by atoms with E-state index in [1.54, 1.807) is 36.4 Å². The second kappa shape index (κ2) is 5.99. The zero-order valence-corrected chi connectivity index (χ0v) is 12.0. The number of carbonyl (C=O) groups is 1. The predicted molar refractivity (Wildman–Crippen MR) is 76.7 cm³/mol.